The van der Waals surface area contributed by atoms with Crippen LogP contribution in [0, 0.1) is 23.2 Å². The highest BCUT2D eigenvalue weighted by molar-refractivity contribution is 6.05. The lowest BCUT2D eigenvalue weighted by Gasteiger charge is -2.57. The highest BCUT2D eigenvalue weighted by Gasteiger charge is 2.51. The zero-order valence-corrected chi connectivity index (χ0v) is 27.8. The molecule has 4 atom stereocenters. The van der Waals surface area contributed by atoms with Crippen LogP contribution >= 0.6 is 0 Å². The van der Waals surface area contributed by atoms with Gasteiger partial charge in [0.15, 0.2) is 0 Å². The fraction of sp³-hybridized carbons (Fsp3) is 0.500. The number of carbonyl (C=O) groups is 3. The summed E-state index contributed by atoms with van der Waals surface area (Å²) in [7, 11) is 1.57. The molecule has 50 heavy (non-hydrogen) atoms. The van der Waals surface area contributed by atoms with E-state index in [0.29, 0.717) is 5.82 Å². The topological polar surface area (TPSA) is 246 Å². The lowest BCUT2D eigenvalue weighted by Crippen LogP contribution is -2.48. The molecule has 4 aliphatic rings. The number of likely N-dealkylation sites (N-methyl/N-ethyl adjacent to an activating group) is 1. The van der Waals surface area contributed by atoms with Crippen molar-refractivity contribution < 1.29 is 50.1 Å². The molecule has 7 rings (SSSR count). The van der Waals surface area contributed by atoms with Crippen LogP contribution in [0.25, 0.3) is 11.4 Å². The highest BCUT2D eigenvalue weighted by atomic mass is 16.4. The van der Waals surface area contributed by atoms with Gasteiger partial charge in [0.25, 0.3) is 5.91 Å². The molecule has 0 saturated heterocycles. The standard InChI is InChI=1S/C29H29N3O5.C7H17NO5/c33-26(30-22-10-20(27(34)35)9-21(11-22)28(36)37)24-23(31-25(32-24)19-4-2-1-3-5-19)15-29-12-16-6-17(13-29)8-18(7-16)14-29;1-8-2-4(10)6(12)7(13)5(11)3-9/h1-5,9-11,16-18H,6-8,12-15H2,(H,30,33)(H,31,32)(H,34,35)(H,36,37);4-13H,2-3H2,1H3. The van der Waals surface area contributed by atoms with E-state index in [0.717, 1.165) is 41.5 Å². The van der Waals surface area contributed by atoms with Crippen LogP contribution in [0.4, 0.5) is 5.69 Å². The second-order valence-electron chi connectivity index (χ2n) is 14.1. The highest BCUT2D eigenvalue weighted by Crippen LogP contribution is 2.61. The van der Waals surface area contributed by atoms with Crippen molar-refractivity contribution in [2.45, 2.75) is 69.4 Å². The number of aromatic amines is 1. The van der Waals surface area contributed by atoms with Crippen LogP contribution in [0.15, 0.2) is 48.5 Å². The molecule has 0 aliphatic heterocycles. The van der Waals surface area contributed by atoms with E-state index in [2.05, 4.69) is 20.6 Å². The summed E-state index contributed by atoms with van der Waals surface area (Å²) in [6.45, 7) is -0.569. The van der Waals surface area contributed by atoms with E-state index in [4.69, 9.17) is 20.4 Å². The van der Waals surface area contributed by atoms with Gasteiger partial charge in [0.1, 0.15) is 29.8 Å². The summed E-state index contributed by atoms with van der Waals surface area (Å²) in [4.78, 5) is 44.7. The van der Waals surface area contributed by atoms with Crippen LogP contribution in [0.2, 0.25) is 0 Å². The van der Waals surface area contributed by atoms with E-state index in [1.165, 1.54) is 50.7 Å². The van der Waals surface area contributed by atoms with Gasteiger partial charge in [-0.1, -0.05) is 30.3 Å². The summed E-state index contributed by atoms with van der Waals surface area (Å²) in [5.74, 6) is -0.109. The van der Waals surface area contributed by atoms with Gasteiger partial charge in [-0.3, -0.25) is 4.79 Å². The van der Waals surface area contributed by atoms with Crippen LogP contribution in [-0.4, -0.2) is 108 Å². The molecule has 2 aromatic carbocycles. The first kappa shape index (κ1) is 37.1. The maximum Gasteiger partial charge on any atom is 0.335 e. The van der Waals surface area contributed by atoms with Crippen molar-refractivity contribution in [3.8, 4) is 11.4 Å². The van der Waals surface area contributed by atoms with E-state index in [1.54, 1.807) is 7.05 Å². The Morgan fingerprint density at radius 3 is 1.90 bits per heavy atom. The van der Waals surface area contributed by atoms with Gasteiger partial charge in [0.2, 0.25) is 0 Å². The molecule has 3 aromatic rings. The number of carboxylic acid groups (broad SMARTS) is 2. The minimum absolute atomic E-state index is 0.0936. The molecular weight excluding hydrogens is 648 g/mol. The van der Waals surface area contributed by atoms with Crippen molar-refractivity contribution in [1.82, 2.24) is 15.3 Å². The Bertz CT molecular complexity index is 1590. The van der Waals surface area contributed by atoms with E-state index in [-0.39, 0.29) is 34.5 Å². The number of hydrogen-bond acceptors (Lipinski definition) is 10. The van der Waals surface area contributed by atoms with E-state index in [1.807, 2.05) is 30.3 Å². The van der Waals surface area contributed by atoms with E-state index in [9.17, 15) is 29.7 Å². The number of aromatic nitrogens is 2. The number of aliphatic hydroxyl groups excluding tert-OH is 5. The van der Waals surface area contributed by atoms with E-state index < -0.39 is 48.9 Å². The molecule has 14 nitrogen and oxygen atoms in total. The number of aromatic carboxylic acids is 2. The zero-order chi connectivity index (χ0) is 36.2. The Morgan fingerprint density at radius 2 is 1.40 bits per heavy atom. The third-order valence-corrected chi connectivity index (χ3v) is 10.2. The summed E-state index contributed by atoms with van der Waals surface area (Å²) in [6, 6.07) is 13.2. The third kappa shape index (κ3) is 8.57. The Balaban J connectivity index is 0.000000320. The fourth-order valence-electron chi connectivity index (χ4n) is 8.37. The minimum Gasteiger partial charge on any atom is -0.478 e. The number of nitrogens with zero attached hydrogens (tertiary/aromatic N) is 1. The number of H-pyrrole nitrogens is 1. The first-order valence-electron chi connectivity index (χ1n) is 16.9. The third-order valence-electron chi connectivity index (χ3n) is 10.2. The van der Waals surface area contributed by atoms with Gasteiger partial charge in [0, 0.05) is 23.5 Å². The molecule has 1 aromatic heterocycles. The zero-order valence-electron chi connectivity index (χ0n) is 27.8. The average Bonchev–Trinajstić information content (AvgIpc) is 3.50. The molecule has 4 bridgehead atoms. The fourth-order valence-corrected chi connectivity index (χ4v) is 8.37. The Labute approximate surface area is 289 Å². The van der Waals surface area contributed by atoms with Crippen molar-refractivity contribution in [2.75, 3.05) is 25.5 Å². The summed E-state index contributed by atoms with van der Waals surface area (Å²) in [5.41, 5.74) is 1.77. The number of hydrogen-bond donors (Lipinski definition) is 10. The number of carboxylic acids is 2. The number of benzene rings is 2. The maximum absolute atomic E-state index is 13.5. The average molecular weight is 695 g/mol. The number of amides is 1. The van der Waals surface area contributed by atoms with Crippen LogP contribution in [0.3, 0.4) is 0 Å². The number of anilines is 1. The summed E-state index contributed by atoms with van der Waals surface area (Å²) >= 11 is 0. The molecule has 14 heteroatoms. The maximum atomic E-state index is 13.5. The second kappa shape index (κ2) is 15.8. The number of aliphatic hydroxyl groups is 5. The van der Waals surface area contributed by atoms with Crippen LogP contribution < -0.4 is 10.6 Å². The molecule has 4 aliphatic carbocycles. The Morgan fingerprint density at radius 1 is 0.860 bits per heavy atom. The van der Waals surface area contributed by atoms with E-state index >= 15 is 0 Å². The molecule has 4 fully saturated rings. The Kier molecular flexibility index (Phi) is 11.7. The number of rotatable bonds is 13. The molecule has 1 amide bonds. The van der Waals surface area contributed by atoms with Gasteiger partial charge in [0.05, 0.1) is 23.8 Å². The van der Waals surface area contributed by atoms with Gasteiger partial charge < -0.3 is 51.4 Å². The smallest absolute Gasteiger partial charge is 0.335 e. The van der Waals surface area contributed by atoms with Crippen molar-refractivity contribution in [2.24, 2.45) is 23.2 Å². The molecule has 0 spiro atoms. The first-order valence-corrected chi connectivity index (χ1v) is 16.9. The van der Waals surface area contributed by atoms with Crippen LogP contribution in [0.5, 0.6) is 0 Å². The summed E-state index contributed by atoms with van der Waals surface area (Å²) in [6.07, 6.45) is 2.64. The predicted molar refractivity (Wildman–Crippen MR) is 182 cm³/mol. The number of carbonyl (C=O) groups excluding carboxylic acids is 1. The lowest BCUT2D eigenvalue weighted by atomic mass is 9.48. The van der Waals surface area contributed by atoms with Gasteiger partial charge in [-0.2, -0.15) is 0 Å². The monoisotopic (exact) mass is 694 g/mol. The van der Waals surface area contributed by atoms with Gasteiger partial charge in [-0.05, 0) is 93.4 Å². The van der Waals surface area contributed by atoms with Crippen molar-refractivity contribution in [3.63, 3.8) is 0 Å². The van der Waals surface area contributed by atoms with Crippen molar-refractivity contribution in [1.29, 1.82) is 0 Å². The second-order valence-corrected chi connectivity index (χ2v) is 14.1. The summed E-state index contributed by atoms with van der Waals surface area (Å²) < 4.78 is 0. The number of imidazole rings is 1. The normalized spacial score (nSPS) is 24.4. The van der Waals surface area contributed by atoms with Crippen molar-refractivity contribution >= 4 is 23.5 Å². The minimum atomic E-state index is -1.55. The largest absolute Gasteiger partial charge is 0.478 e. The predicted octanol–water partition coefficient (Wildman–Crippen LogP) is 2.13. The van der Waals surface area contributed by atoms with Crippen LogP contribution in [-0.2, 0) is 6.42 Å². The van der Waals surface area contributed by atoms with Crippen LogP contribution in [0.1, 0.15) is 75.4 Å². The first-order chi connectivity index (χ1) is 23.8. The Hall–Kier alpha value is -4.18. The molecule has 0 radical (unpaired) electrons. The van der Waals surface area contributed by atoms with Gasteiger partial charge in [-0.25, -0.2) is 14.6 Å². The molecule has 270 valence electrons. The SMILES string of the molecule is CNCC(O)C(O)C(O)C(O)CO.O=C(O)c1cc(NC(=O)c2nc(-c3ccccc3)[nH]c2CC23CC4CC(CC(C4)C2)C3)cc(C(=O)O)c1. The molecular formula is C36H46N4O10. The molecule has 10 N–H and O–H groups in total. The summed E-state index contributed by atoms with van der Waals surface area (Å²) in [5, 5.41) is 69.0. The quantitative estimate of drug-likeness (QED) is 0.124. The lowest BCUT2D eigenvalue weighted by molar-refractivity contribution is -0.113. The van der Waals surface area contributed by atoms with Crippen molar-refractivity contribution in [3.05, 3.63) is 71.0 Å². The van der Waals surface area contributed by atoms with Gasteiger partial charge >= 0.3 is 11.9 Å². The molecule has 4 unspecified atom stereocenters. The molecule has 4 saturated carbocycles. The number of nitrogens with one attached hydrogen (secondary N) is 3. The molecule has 1 heterocycles. The van der Waals surface area contributed by atoms with Gasteiger partial charge in [-0.15, -0.1) is 0 Å².